The molecule has 118 valence electrons. The Morgan fingerprint density at radius 3 is 2.64 bits per heavy atom. The zero-order valence-corrected chi connectivity index (χ0v) is 14.1. The molecule has 1 atom stereocenters. The third-order valence-electron chi connectivity index (χ3n) is 4.70. The number of amides is 1. The molecular weight excluding hydrogens is 298 g/mol. The summed E-state index contributed by atoms with van der Waals surface area (Å²) in [4.78, 5) is 15.5. The zero-order valence-electron chi connectivity index (χ0n) is 13.3. The minimum atomic E-state index is -0.881. The van der Waals surface area contributed by atoms with Crippen LogP contribution in [0.2, 0.25) is 0 Å². The van der Waals surface area contributed by atoms with Crippen LogP contribution in [0.15, 0.2) is 23.6 Å². The van der Waals surface area contributed by atoms with Crippen molar-refractivity contribution in [2.24, 2.45) is 12.5 Å². The molecule has 3 rings (SSSR count). The lowest BCUT2D eigenvalue weighted by atomic mass is 9.79. The Labute approximate surface area is 134 Å². The van der Waals surface area contributed by atoms with Gasteiger partial charge in [-0.15, -0.1) is 11.3 Å². The van der Waals surface area contributed by atoms with Crippen molar-refractivity contribution < 1.29 is 9.90 Å². The maximum atomic E-state index is 12.7. The van der Waals surface area contributed by atoms with Gasteiger partial charge in [0.15, 0.2) is 5.69 Å². The van der Waals surface area contributed by atoms with Crippen LogP contribution >= 0.6 is 11.3 Å². The van der Waals surface area contributed by atoms with Crippen LogP contribution in [-0.2, 0) is 7.05 Å². The smallest absolute Gasteiger partial charge is 0.274 e. The predicted octanol–water partition coefficient (Wildman–Crippen LogP) is 2.38. The zero-order chi connectivity index (χ0) is 16.1. The summed E-state index contributed by atoms with van der Waals surface area (Å²) in [5.74, 6) is -0.121. The summed E-state index contributed by atoms with van der Waals surface area (Å²) in [6, 6.07) is 5.82. The SMILES string of the molecule is Cn1nc(C(=O)N2CC(C)(C)C(C)(O)C2)cc1-c1cccs1. The van der Waals surface area contributed by atoms with Gasteiger partial charge in [-0.2, -0.15) is 5.10 Å². The largest absolute Gasteiger partial charge is 0.388 e. The molecule has 1 fully saturated rings. The van der Waals surface area contributed by atoms with E-state index in [4.69, 9.17) is 0 Å². The molecule has 6 heteroatoms. The van der Waals surface area contributed by atoms with Crippen molar-refractivity contribution in [1.29, 1.82) is 0 Å². The van der Waals surface area contributed by atoms with Crippen LogP contribution in [0.5, 0.6) is 0 Å². The van der Waals surface area contributed by atoms with Gasteiger partial charge in [-0.25, -0.2) is 0 Å². The summed E-state index contributed by atoms with van der Waals surface area (Å²) in [5.41, 5.74) is 0.158. The molecule has 3 heterocycles. The number of carbonyl (C=O) groups is 1. The van der Waals surface area contributed by atoms with Gasteiger partial charge in [0.05, 0.1) is 22.7 Å². The van der Waals surface area contributed by atoms with E-state index in [1.165, 1.54) is 0 Å². The van der Waals surface area contributed by atoms with Gasteiger partial charge in [-0.05, 0) is 24.4 Å². The third-order valence-corrected chi connectivity index (χ3v) is 5.60. The summed E-state index contributed by atoms with van der Waals surface area (Å²) in [6.45, 7) is 6.62. The van der Waals surface area contributed by atoms with E-state index in [2.05, 4.69) is 5.10 Å². The summed E-state index contributed by atoms with van der Waals surface area (Å²) in [5, 5.41) is 16.8. The molecule has 1 unspecified atom stereocenters. The number of β-amino-alcohol motifs (C(OH)–C–C–N with tert-alkyl or cyclic N) is 1. The Balaban J connectivity index is 1.87. The second-order valence-electron chi connectivity index (χ2n) is 6.83. The highest BCUT2D eigenvalue weighted by atomic mass is 32.1. The van der Waals surface area contributed by atoms with E-state index in [0.29, 0.717) is 18.8 Å². The molecule has 0 aliphatic carbocycles. The second-order valence-corrected chi connectivity index (χ2v) is 7.78. The highest BCUT2D eigenvalue weighted by molar-refractivity contribution is 7.13. The number of aryl methyl sites for hydroxylation is 1. The van der Waals surface area contributed by atoms with E-state index in [-0.39, 0.29) is 11.3 Å². The first kappa shape index (κ1) is 15.2. The Kier molecular flexibility index (Phi) is 3.41. The molecule has 0 saturated carbocycles. The normalized spacial score (nSPS) is 24.0. The number of nitrogens with zero attached hydrogens (tertiary/aromatic N) is 3. The number of carbonyl (C=O) groups excluding carboxylic acids is 1. The fourth-order valence-electron chi connectivity index (χ4n) is 2.82. The van der Waals surface area contributed by atoms with Crippen molar-refractivity contribution in [2.75, 3.05) is 13.1 Å². The number of aliphatic hydroxyl groups is 1. The van der Waals surface area contributed by atoms with Gasteiger partial charge in [-0.1, -0.05) is 19.9 Å². The van der Waals surface area contributed by atoms with Crippen LogP contribution in [0.25, 0.3) is 10.6 Å². The molecule has 1 aliphatic rings. The molecule has 2 aromatic rings. The fourth-order valence-corrected chi connectivity index (χ4v) is 3.59. The standard InChI is InChI=1S/C16H21N3O2S/c1-15(2)9-19(10-16(15,3)21)14(20)11-8-12(18(4)17-11)13-6-5-7-22-13/h5-8,21H,9-10H2,1-4H3. The lowest BCUT2D eigenvalue weighted by Crippen LogP contribution is -2.40. The Morgan fingerprint density at radius 1 is 1.36 bits per heavy atom. The lowest BCUT2D eigenvalue weighted by molar-refractivity contribution is -0.0108. The average molecular weight is 319 g/mol. The second kappa shape index (κ2) is 4.93. The predicted molar refractivity (Wildman–Crippen MR) is 86.8 cm³/mol. The van der Waals surface area contributed by atoms with Gasteiger partial charge in [-0.3, -0.25) is 9.48 Å². The molecule has 0 spiro atoms. The molecule has 0 bridgehead atoms. The maximum Gasteiger partial charge on any atom is 0.274 e. The maximum absolute atomic E-state index is 12.7. The number of rotatable bonds is 2. The number of thiophene rings is 1. The quantitative estimate of drug-likeness (QED) is 0.924. The van der Waals surface area contributed by atoms with E-state index < -0.39 is 5.60 Å². The average Bonchev–Trinajstić information content (AvgIpc) is 3.08. The summed E-state index contributed by atoms with van der Waals surface area (Å²) in [6.07, 6.45) is 0. The summed E-state index contributed by atoms with van der Waals surface area (Å²) < 4.78 is 1.73. The van der Waals surface area contributed by atoms with E-state index in [0.717, 1.165) is 10.6 Å². The number of likely N-dealkylation sites (tertiary alicyclic amines) is 1. The summed E-state index contributed by atoms with van der Waals surface area (Å²) >= 11 is 1.62. The van der Waals surface area contributed by atoms with Crippen molar-refractivity contribution in [1.82, 2.24) is 14.7 Å². The Hall–Kier alpha value is -1.66. The number of hydrogen-bond donors (Lipinski definition) is 1. The molecule has 22 heavy (non-hydrogen) atoms. The summed E-state index contributed by atoms with van der Waals surface area (Å²) in [7, 11) is 1.84. The van der Waals surface area contributed by atoms with Crippen molar-refractivity contribution >= 4 is 17.2 Å². The molecule has 1 saturated heterocycles. The van der Waals surface area contributed by atoms with Gasteiger partial charge >= 0.3 is 0 Å². The first-order valence-corrected chi connectivity index (χ1v) is 8.19. The molecule has 1 N–H and O–H groups in total. The molecule has 0 aromatic carbocycles. The van der Waals surface area contributed by atoms with Gasteiger partial charge in [0.2, 0.25) is 0 Å². The van der Waals surface area contributed by atoms with E-state index in [1.54, 1.807) is 27.8 Å². The first-order valence-electron chi connectivity index (χ1n) is 7.31. The van der Waals surface area contributed by atoms with Gasteiger partial charge in [0.1, 0.15) is 0 Å². The fraction of sp³-hybridized carbons (Fsp3) is 0.500. The topological polar surface area (TPSA) is 58.4 Å². The third kappa shape index (κ3) is 2.36. The number of hydrogen-bond acceptors (Lipinski definition) is 4. The Morgan fingerprint density at radius 2 is 2.09 bits per heavy atom. The highest BCUT2D eigenvalue weighted by Crippen LogP contribution is 2.39. The molecular formula is C16H21N3O2S. The molecule has 0 radical (unpaired) electrons. The number of aromatic nitrogens is 2. The monoisotopic (exact) mass is 319 g/mol. The molecule has 2 aromatic heterocycles. The van der Waals surface area contributed by atoms with E-state index in [9.17, 15) is 9.90 Å². The molecule has 5 nitrogen and oxygen atoms in total. The van der Waals surface area contributed by atoms with E-state index in [1.807, 2.05) is 44.5 Å². The van der Waals surface area contributed by atoms with Gasteiger partial charge in [0.25, 0.3) is 5.91 Å². The van der Waals surface area contributed by atoms with Crippen LogP contribution in [0.3, 0.4) is 0 Å². The lowest BCUT2D eigenvalue weighted by Gasteiger charge is -2.30. The van der Waals surface area contributed by atoms with E-state index >= 15 is 0 Å². The van der Waals surface area contributed by atoms with Crippen LogP contribution in [0, 0.1) is 5.41 Å². The molecule has 1 amide bonds. The minimum absolute atomic E-state index is 0.121. The van der Waals surface area contributed by atoms with Crippen LogP contribution in [0.1, 0.15) is 31.3 Å². The first-order chi connectivity index (χ1) is 10.2. The molecule has 1 aliphatic heterocycles. The van der Waals surface area contributed by atoms with Crippen LogP contribution in [0.4, 0.5) is 0 Å². The van der Waals surface area contributed by atoms with Crippen molar-refractivity contribution in [3.05, 3.63) is 29.3 Å². The van der Waals surface area contributed by atoms with Crippen LogP contribution < -0.4 is 0 Å². The Bertz CT molecular complexity index is 685. The van der Waals surface area contributed by atoms with Crippen molar-refractivity contribution in [2.45, 2.75) is 26.4 Å². The van der Waals surface area contributed by atoms with Crippen molar-refractivity contribution in [3.8, 4) is 10.6 Å². The highest BCUT2D eigenvalue weighted by Gasteiger charge is 2.49. The minimum Gasteiger partial charge on any atom is -0.388 e. The van der Waals surface area contributed by atoms with Crippen LogP contribution in [-0.4, -0.2) is 44.4 Å². The van der Waals surface area contributed by atoms with Gasteiger partial charge < -0.3 is 10.0 Å². The van der Waals surface area contributed by atoms with Gasteiger partial charge in [0, 0.05) is 19.0 Å². The van der Waals surface area contributed by atoms with Crippen molar-refractivity contribution in [3.63, 3.8) is 0 Å².